The van der Waals surface area contributed by atoms with Gasteiger partial charge in [-0.25, -0.2) is 14.1 Å². The number of ether oxygens (including phenoxy) is 4. The van der Waals surface area contributed by atoms with Crippen LogP contribution in [0.3, 0.4) is 0 Å². The molecule has 37 heavy (non-hydrogen) atoms. The molecule has 0 N–H and O–H groups in total. The van der Waals surface area contributed by atoms with Gasteiger partial charge in [0.1, 0.15) is 46.3 Å². The second-order valence-electron chi connectivity index (χ2n) is 8.52. The molecule has 4 unspecified atom stereocenters. The molecular weight excluding hydrogens is 539 g/mol. The fourth-order valence-corrected chi connectivity index (χ4v) is 6.61. The van der Waals surface area contributed by atoms with Crippen molar-refractivity contribution in [3.8, 4) is 10.7 Å². The first-order valence-corrected chi connectivity index (χ1v) is 13.7. The maximum Gasteiger partial charge on any atom is 0.184 e. The Bertz CT molecular complexity index is 1350. The summed E-state index contributed by atoms with van der Waals surface area (Å²) in [5.74, 6) is -0.390. The van der Waals surface area contributed by atoms with Gasteiger partial charge in [0.05, 0.1) is 12.8 Å². The Morgan fingerprint density at radius 3 is 2.84 bits per heavy atom. The minimum atomic E-state index is -0.600. The molecule has 0 saturated carbocycles. The van der Waals surface area contributed by atoms with E-state index in [1.54, 1.807) is 24.1 Å². The molecule has 0 spiro atoms. The molecule has 2 saturated heterocycles. The molecule has 2 aliphatic heterocycles. The summed E-state index contributed by atoms with van der Waals surface area (Å²) in [6.45, 7) is 0.278. The van der Waals surface area contributed by atoms with Gasteiger partial charge in [-0.1, -0.05) is 58.9 Å². The molecule has 2 aromatic heterocycles. The van der Waals surface area contributed by atoms with E-state index in [2.05, 4.69) is 15.3 Å². The van der Waals surface area contributed by atoms with Crippen molar-refractivity contribution in [3.63, 3.8) is 0 Å². The van der Waals surface area contributed by atoms with E-state index in [9.17, 15) is 4.39 Å². The van der Waals surface area contributed by atoms with Gasteiger partial charge in [-0.3, -0.25) is 0 Å². The van der Waals surface area contributed by atoms with Crippen LogP contribution in [0.25, 0.3) is 10.7 Å². The molecule has 2 aliphatic rings. The second kappa shape index (κ2) is 10.8. The molecule has 4 heterocycles. The molecule has 8 nitrogen and oxygen atoms in total. The van der Waals surface area contributed by atoms with Gasteiger partial charge in [-0.2, -0.15) is 0 Å². The summed E-state index contributed by atoms with van der Waals surface area (Å²) in [5, 5.41) is 11.8. The van der Waals surface area contributed by atoms with Crippen molar-refractivity contribution in [1.82, 2.24) is 20.0 Å². The molecular formula is C25H22ClFN4O4S2. The van der Waals surface area contributed by atoms with Crippen LogP contribution < -0.4 is 0 Å². The monoisotopic (exact) mass is 560 g/mol. The number of aromatic nitrogens is 4. The SMILES string of the molecule is COC1C(n2cc(-c3nccs3)nn2)[C@H]2OC(c3ccccc3)OCC2O[C@@H]1Sc1cc(Cl)ccc1F. The fraction of sp³-hybridized carbons (Fsp3) is 0.320. The lowest BCUT2D eigenvalue weighted by Crippen LogP contribution is -2.59. The largest absolute Gasteiger partial charge is 0.375 e. The number of hydrogen-bond donors (Lipinski definition) is 0. The first-order chi connectivity index (χ1) is 18.1. The van der Waals surface area contributed by atoms with Crippen LogP contribution in [0.15, 0.2) is 71.2 Å². The zero-order valence-corrected chi connectivity index (χ0v) is 21.9. The van der Waals surface area contributed by atoms with Crippen molar-refractivity contribution in [1.29, 1.82) is 0 Å². The highest BCUT2D eigenvalue weighted by molar-refractivity contribution is 7.99. The van der Waals surface area contributed by atoms with Crippen molar-refractivity contribution in [2.45, 2.75) is 41.0 Å². The van der Waals surface area contributed by atoms with Crippen molar-refractivity contribution in [2.24, 2.45) is 0 Å². The summed E-state index contributed by atoms with van der Waals surface area (Å²) in [6.07, 6.45) is 1.47. The van der Waals surface area contributed by atoms with Gasteiger partial charge in [0.25, 0.3) is 0 Å². The van der Waals surface area contributed by atoms with Crippen molar-refractivity contribution in [2.75, 3.05) is 13.7 Å². The molecule has 2 fully saturated rings. The lowest BCUT2D eigenvalue weighted by molar-refractivity contribution is -0.308. The van der Waals surface area contributed by atoms with Crippen molar-refractivity contribution >= 4 is 34.7 Å². The molecule has 6 rings (SSSR count). The summed E-state index contributed by atoms with van der Waals surface area (Å²) >= 11 is 8.83. The smallest absolute Gasteiger partial charge is 0.184 e. The van der Waals surface area contributed by atoms with Crippen LogP contribution in [0.5, 0.6) is 0 Å². The molecule has 12 heteroatoms. The number of thiazole rings is 1. The van der Waals surface area contributed by atoms with Gasteiger partial charge in [-0.15, -0.1) is 16.4 Å². The Kier molecular flexibility index (Phi) is 7.26. The topological polar surface area (TPSA) is 80.5 Å². The second-order valence-corrected chi connectivity index (χ2v) is 11.0. The molecule has 0 bridgehead atoms. The van der Waals surface area contributed by atoms with Crippen LogP contribution in [-0.4, -0.2) is 57.4 Å². The fourth-order valence-electron chi connectivity index (χ4n) is 4.56. The van der Waals surface area contributed by atoms with E-state index in [4.69, 9.17) is 30.5 Å². The molecule has 0 amide bonds. The van der Waals surface area contributed by atoms with E-state index < -0.39 is 41.9 Å². The van der Waals surface area contributed by atoms with Crippen LogP contribution in [0, 0.1) is 5.82 Å². The Balaban J connectivity index is 1.36. The van der Waals surface area contributed by atoms with Crippen molar-refractivity contribution < 1.29 is 23.3 Å². The van der Waals surface area contributed by atoms with Gasteiger partial charge in [0.2, 0.25) is 0 Å². The van der Waals surface area contributed by atoms with Crippen molar-refractivity contribution in [3.05, 3.63) is 82.7 Å². The molecule has 6 atom stereocenters. The van der Waals surface area contributed by atoms with Gasteiger partial charge >= 0.3 is 0 Å². The maximum atomic E-state index is 14.6. The third kappa shape index (κ3) is 5.05. The number of fused-ring (bicyclic) bond motifs is 1. The van der Waals surface area contributed by atoms with Crippen LogP contribution in [0.4, 0.5) is 4.39 Å². The highest BCUT2D eigenvalue weighted by atomic mass is 35.5. The third-order valence-electron chi connectivity index (χ3n) is 6.26. The number of benzene rings is 2. The van der Waals surface area contributed by atoms with Crippen LogP contribution >= 0.6 is 34.7 Å². The molecule has 4 aromatic rings. The quantitative estimate of drug-likeness (QED) is 0.311. The van der Waals surface area contributed by atoms with Crippen LogP contribution in [0.1, 0.15) is 17.9 Å². The summed E-state index contributed by atoms with van der Waals surface area (Å²) in [7, 11) is 1.59. The summed E-state index contributed by atoms with van der Waals surface area (Å²) in [4.78, 5) is 4.70. The van der Waals surface area contributed by atoms with Gasteiger partial charge in [-0.05, 0) is 18.2 Å². The number of thioether (sulfide) groups is 1. The number of hydrogen-bond acceptors (Lipinski definition) is 9. The van der Waals surface area contributed by atoms with Gasteiger partial charge in [0.15, 0.2) is 6.29 Å². The number of nitrogens with zero attached hydrogens (tertiary/aromatic N) is 4. The molecule has 0 aliphatic carbocycles. The van der Waals surface area contributed by atoms with E-state index in [0.717, 1.165) is 10.6 Å². The maximum absolute atomic E-state index is 14.6. The predicted octanol–water partition coefficient (Wildman–Crippen LogP) is 5.38. The highest BCUT2D eigenvalue weighted by Crippen LogP contribution is 2.45. The number of halogens is 2. The lowest BCUT2D eigenvalue weighted by atomic mass is 9.96. The molecule has 0 radical (unpaired) electrons. The van der Waals surface area contributed by atoms with Crippen LogP contribution in [-0.2, 0) is 18.9 Å². The average Bonchev–Trinajstić information content (AvgIpc) is 3.63. The summed E-state index contributed by atoms with van der Waals surface area (Å²) in [5.41, 5.74) is 0.940. The molecule has 2 aromatic carbocycles. The predicted molar refractivity (Wildman–Crippen MR) is 137 cm³/mol. The zero-order chi connectivity index (χ0) is 25.4. The Morgan fingerprint density at radius 1 is 1.19 bits per heavy atom. The van der Waals surface area contributed by atoms with E-state index in [-0.39, 0.29) is 6.61 Å². The normalized spacial score (nSPS) is 27.6. The van der Waals surface area contributed by atoms with E-state index in [1.165, 1.54) is 35.2 Å². The van der Waals surface area contributed by atoms with Gasteiger partial charge < -0.3 is 18.9 Å². The standard InChI is InChI=1S/C25H22ClFN4O4S2/c1-32-22-20(31-12-17(29-30-31)23-28-9-10-36-23)21-18(13-33-24(35-21)14-5-3-2-4-6-14)34-25(22)37-19-11-15(26)7-8-16(19)27/h2-12,18,20-22,24-25H,13H2,1H3/t18?,20?,21-,22?,24?,25+/m0/s1. The van der Waals surface area contributed by atoms with E-state index in [0.29, 0.717) is 15.6 Å². The average molecular weight is 561 g/mol. The number of rotatable bonds is 6. The molecule has 192 valence electrons. The lowest BCUT2D eigenvalue weighted by Gasteiger charge is -2.48. The van der Waals surface area contributed by atoms with E-state index >= 15 is 0 Å². The minimum Gasteiger partial charge on any atom is -0.375 e. The zero-order valence-electron chi connectivity index (χ0n) is 19.5. The first kappa shape index (κ1) is 24.9. The third-order valence-corrected chi connectivity index (χ3v) is 8.47. The first-order valence-electron chi connectivity index (χ1n) is 11.5. The van der Waals surface area contributed by atoms with Crippen LogP contribution in [0.2, 0.25) is 5.02 Å². The van der Waals surface area contributed by atoms with E-state index in [1.807, 2.05) is 41.9 Å². The Hall–Kier alpha value is -2.38. The Morgan fingerprint density at radius 2 is 2.05 bits per heavy atom. The number of methoxy groups -OCH3 is 1. The van der Waals surface area contributed by atoms with Gasteiger partial charge in [0, 0.05) is 34.2 Å². The summed E-state index contributed by atoms with van der Waals surface area (Å²) < 4.78 is 41.3. The summed E-state index contributed by atoms with van der Waals surface area (Å²) in [6, 6.07) is 13.7. The minimum absolute atomic E-state index is 0.278. The highest BCUT2D eigenvalue weighted by Gasteiger charge is 2.52. The Labute approximate surface area is 225 Å².